The average Bonchev–Trinajstić information content (AvgIpc) is 3.16. The Kier molecular flexibility index (Phi) is 5.35. The Morgan fingerprint density at radius 1 is 1.37 bits per heavy atom. The maximum absolute atomic E-state index is 13.7. The number of piperidine rings is 1. The molecule has 0 radical (unpaired) electrons. The van der Waals surface area contributed by atoms with Crippen molar-refractivity contribution in [3.8, 4) is 17.3 Å². The van der Waals surface area contributed by atoms with Crippen molar-refractivity contribution in [2.75, 3.05) is 25.0 Å². The SMILES string of the molecule is CCN1CCC[C@H](Nc2ncc(C(F)(F)F)c(-c3c[nH]c4cc(C#N)ccc34)n2)C1. The van der Waals surface area contributed by atoms with Crippen molar-refractivity contribution in [3.05, 3.63) is 41.7 Å². The first-order chi connectivity index (χ1) is 14.4. The summed E-state index contributed by atoms with van der Waals surface area (Å²) in [5.74, 6) is 0.184. The zero-order valence-corrected chi connectivity index (χ0v) is 16.4. The Labute approximate surface area is 171 Å². The van der Waals surface area contributed by atoms with Crippen LogP contribution in [-0.2, 0) is 6.18 Å². The van der Waals surface area contributed by atoms with Crippen LogP contribution >= 0.6 is 0 Å². The van der Waals surface area contributed by atoms with Crippen molar-refractivity contribution >= 4 is 16.9 Å². The van der Waals surface area contributed by atoms with Crippen molar-refractivity contribution in [1.82, 2.24) is 19.9 Å². The van der Waals surface area contributed by atoms with Gasteiger partial charge in [0.05, 0.1) is 17.3 Å². The molecule has 0 aliphatic carbocycles. The first kappa shape index (κ1) is 20.2. The second kappa shape index (κ2) is 7.95. The molecule has 1 aliphatic heterocycles. The fraction of sp³-hybridized carbons (Fsp3) is 0.381. The molecule has 6 nitrogen and oxygen atoms in total. The van der Waals surface area contributed by atoms with Crippen LogP contribution in [0, 0.1) is 11.3 Å². The van der Waals surface area contributed by atoms with Crippen molar-refractivity contribution in [2.45, 2.75) is 32.0 Å². The number of nitriles is 1. The summed E-state index contributed by atoms with van der Waals surface area (Å²) >= 11 is 0. The van der Waals surface area contributed by atoms with E-state index < -0.39 is 11.7 Å². The molecule has 3 aromatic rings. The lowest BCUT2D eigenvalue weighted by Gasteiger charge is -2.32. The van der Waals surface area contributed by atoms with E-state index in [4.69, 9.17) is 5.26 Å². The molecule has 0 amide bonds. The third-order valence-electron chi connectivity index (χ3n) is 5.45. The van der Waals surface area contributed by atoms with Crippen LogP contribution in [0.5, 0.6) is 0 Å². The summed E-state index contributed by atoms with van der Waals surface area (Å²) in [6.07, 6.45) is -0.322. The van der Waals surface area contributed by atoms with E-state index >= 15 is 0 Å². The zero-order chi connectivity index (χ0) is 21.3. The molecule has 156 valence electrons. The van der Waals surface area contributed by atoms with Gasteiger partial charge in [-0.3, -0.25) is 0 Å². The fourth-order valence-corrected chi connectivity index (χ4v) is 3.90. The summed E-state index contributed by atoms with van der Waals surface area (Å²) in [4.78, 5) is 13.5. The Morgan fingerprint density at radius 2 is 2.20 bits per heavy atom. The van der Waals surface area contributed by atoms with E-state index in [0.717, 1.165) is 38.7 Å². The second-order valence-electron chi connectivity index (χ2n) is 7.40. The molecule has 9 heteroatoms. The Balaban J connectivity index is 1.74. The maximum Gasteiger partial charge on any atom is 0.419 e. The zero-order valence-electron chi connectivity index (χ0n) is 16.4. The van der Waals surface area contributed by atoms with Crippen molar-refractivity contribution in [1.29, 1.82) is 5.26 Å². The highest BCUT2D eigenvalue weighted by Crippen LogP contribution is 2.38. The van der Waals surface area contributed by atoms with E-state index in [0.29, 0.717) is 22.0 Å². The minimum absolute atomic E-state index is 0.0874. The van der Waals surface area contributed by atoms with Gasteiger partial charge in [0, 0.05) is 41.4 Å². The second-order valence-corrected chi connectivity index (χ2v) is 7.40. The lowest BCUT2D eigenvalue weighted by atomic mass is 10.0. The van der Waals surface area contributed by atoms with E-state index in [9.17, 15) is 13.2 Å². The molecule has 1 atom stereocenters. The Morgan fingerprint density at radius 3 is 2.93 bits per heavy atom. The van der Waals surface area contributed by atoms with Crippen LogP contribution in [-0.4, -0.2) is 45.5 Å². The van der Waals surface area contributed by atoms with Gasteiger partial charge in [0.2, 0.25) is 5.95 Å². The van der Waals surface area contributed by atoms with Gasteiger partial charge in [-0.25, -0.2) is 9.97 Å². The lowest BCUT2D eigenvalue weighted by Crippen LogP contribution is -2.42. The van der Waals surface area contributed by atoms with Crippen LogP contribution in [0.2, 0.25) is 0 Å². The molecule has 0 spiro atoms. The molecular formula is C21H21F3N6. The van der Waals surface area contributed by atoms with Gasteiger partial charge in [0.15, 0.2) is 0 Å². The predicted octanol–water partition coefficient (Wildman–Crippen LogP) is 4.41. The third kappa shape index (κ3) is 3.96. The number of nitrogens with one attached hydrogen (secondary N) is 2. The molecule has 2 N–H and O–H groups in total. The number of alkyl halides is 3. The summed E-state index contributed by atoms with van der Waals surface area (Å²) in [7, 11) is 0. The third-order valence-corrected chi connectivity index (χ3v) is 5.45. The van der Waals surface area contributed by atoms with E-state index in [1.165, 1.54) is 6.20 Å². The molecule has 0 unspecified atom stereocenters. The van der Waals surface area contributed by atoms with E-state index in [-0.39, 0.29) is 17.7 Å². The highest BCUT2D eigenvalue weighted by atomic mass is 19.4. The van der Waals surface area contributed by atoms with Crippen LogP contribution in [0.4, 0.5) is 19.1 Å². The number of aromatic amines is 1. The molecule has 0 saturated carbocycles. The van der Waals surface area contributed by atoms with E-state index in [1.54, 1.807) is 18.2 Å². The molecule has 1 saturated heterocycles. The molecular weight excluding hydrogens is 393 g/mol. The van der Waals surface area contributed by atoms with Crippen molar-refractivity contribution in [3.63, 3.8) is 0 Å². The Bertz CT molecular complexity index is 1100. The smallest absolute Gasteiger partial charge is 0.360 e. The van der Waals surface area contributed by atoms with E-state index in [2.05, 4.69) is 32.1 Å². The molecule has 2 aromatic heterocycles. The van der Waals surface area contributed by atoms with Gasteiger partial charge in [0.1, 0.15) is 5.56 Å². The fourth-order valence-electron chi connectivity index (χ4n) is 3.90. The molecule has 4 rings (SSSR count). The number of rotatable bonds is 4. The number of H-pyrrole nitrogens is 1. The number of anilines is 1. The van der Waals surface area contributed by atoms with E-state index in [1.807, 2.05) is 6.07 Å². The predicted molar refractivity (Wildman–Crippen MR) is 108 cm³/mol. The van der Waals surface area contributed by atoms with Gasteiger partial charge < -0.3 is 15.2 Å². The van der Waals surface area contributed by atoms with Crippen LogP contribution in [0.1, 0.15) is 30.9 Å². The molecule has 1 aromatic carbocycles. The molecule has 1 fully saturated rings. The first-order valence-electron chi connectivity index (χ1n) is 9.83. The minimum Gasteiger partial charge on any atom is -0.360 e. The summed E-state index contributed by atoms with van der Waals surface area (Å²) in [5.41, 5.74) is 0.258. The standard InChI is InChI=1S/C21H21F3N6/c1-2-30-7-3-4-14(12-30)28-20-27-11-17(21(22,23)24)19(29-20)16-10-26-18-8-13(9-25)5-6-15(16)18/h5-6,8,10-11,14,26H,2-4,7,12H2,1H3,(H,27,28,29)/t14-/m0/s1. The topological polar surface area (TPSA) is 80.6 Å². The summed E-state index contributed by atoms with van der Waals surface area (Å²) in [5, 5.41) is 12.8. The van der Waals surface area contributed by atoms with Gasteiger partial charge in [0.25, 0.3) is 0 Å². The lowest BCUT2D eigenvalue weighted by molar-refractivity contribution is -0.137. The molecule has 0 bridgehead atoms. The summed E-state index contributed by atoms with van der Waals surface area (Å²) in [6, 6.07) is 6.93. The Hall–Kier alpha value is -3.12. The highest BCUT2D eigenvalue weighted by Gasteiger charge is 2.36. The highest BCUT2D eigenvalue weighted by molar-refractivity contribution is 5.96. The van der Waals surface area contributed by atoms with Crippen molar-refractivity contribution in [2.24, 2.45) is 0 Å². The summed E-state index contributed by atoms with van der Waals surface area (Å²) < 4.78 is 41.1. The number of aromatic nitrogens is 3. The molecule has 3 heterocycles. The summed E-state index contributed by atoms with van der Waals surface area (Å²) in [6.45, 7) is 4.84. The van der Waals surface area contributed by atoms with Crippen molar-refractivity contribution < 1.29 is 13.2 Å². The number of hydrogen-bond acceptors (Lipinski definition) is 5. The monoisotopic (exact) mass is 414 g/mol. The van der Waals surface area contributed by atoms with Gasteiger partial charge in [-0.2, -0.15) is 18.4 Å². The number of fused-ring (bicyclic) bond motifs is 1. The number of halogens is 3. The van der Waals surface area contributed by atoms with Crippen LogP contribution in [0.25, 0.3) is 22.2 Å². The minimum atomic E-state index is -4.59. The molecule has 30 heavy (non-hydrogen) atoms. The quantitative estimate of drug-likeness (QED) is 0.661. The number of hydrogen-bond donors (Lipinski definition) is 2. The number of likely N-dealkylation sites (N-methyl/N-ethyl adjacent to an activating group) is 1. The van der Waals surface area contributed by atoms with Crippen LogP contribution in [0.3, 0.4) is 0 Å². The van der Waals surface area contributed by atoms with Gasteiger partial charge in [-0.1, -0.05) is 13.0 Å². The number of benzene rings is 1. The molecule has 1 aliphatic rings. The van der Waals surface area contributed by atoms with Gasteiger partial charge in [-0.15, -0.1) is 0 Å². The number of likely N-dealkylation sites (tertiary alicyclic amines) is 1. The average molecular weight is 414 g/mol. The first-order valence-corrected chi connectivity index (χ1v) is 9.83. The number of nitrogens with zero attached hydrogens (tertiary/aromatic N) is 4. The largest absolute Gasteiger partial charge is 0.419 e. The van der Waals surface area contributed by atoms with Gasteiger partial charge >= 0.3 is 6.18 Å². The maximum atomic E-state index is 13.7. The van der Waals surface area contributed by atoms with Crippen LogP contribution in [0.15, 0.2) is 30.6 Å². The van der Waals surface area contributed by atoms with Gasteiger partial charge in [-0.05, 0) is 38.1 Å². The normalized spacial score (nSPS) is 17.8. The van der Waals surface area contributed by atoms with Crippen LogP contribution < -0.4 is 5.32 Å².